The topological polar surface area (TPSA) is 80.0 Å². The number of hydrogen-bond donors (Lipinski definition) is 2. The Labute approximate surface area is 198 Å². The highest BCUT2D eigenvalue weighted by molar-refractivity contribution is 9.10. The van der Waals surface area contributed by atoms with Gasteiger partial charge in [0.05, 0.1) is 17.0 Å². The molecule has 0 radical (unpaired) electrons. The summed E-state index contributed by atoms with van der Waals surface area (Å²) in [6, 6.07) is 15.6. The van der Waals surface area contributed by atoms with Gasteiger partial charge in [-0.1, -0.05) is 45.9 Å². The predicted octanol–water partition coefficient (Wildman–Crippen LogP) is 5.55. The first kappa shape index (κ1) is 22.9. The molecule has 0 aliphatic heterocycles. The van der Waals surface area contributed by atoms with E-state index in [1.807, 2.05) is 30.3 Å². The van der Waals surface area contributed by atoms with Gasteiger partial charge in [0, 0.05) is 10.2 Å². The maximum absolute atomic E-state index is 13.8. The van der Waals surface area contributed by atoms with E-state index in [0.29, 0.717) is 22.2 Å². The number of hydrogen-bond acceptors (Lipinski definition) is 5. The Morgan fingerprint density at radius 3 is 2.55 bits per heavy atom. The minimum absolute atomic E-state index is 0.00844. The molecule has 0 spiro atoms. The maximum atomic E-state index is 13.8. The van der Waals surface area contributed by atoms with Crippen molar-refractivity contribution >= 4 is 39.3 Å². The summed E-state index contributed by atoms with van der Waals surface area (Å²) in [4.78, 5) is 12.3. The SMILES string of the molecule is O=C(CSc1nnc(-c2cc(Br)ccc2O)n1-c1ccccc1)Nc1ccc(F)c(F)c1F. The molecule has 0 aliphatic rings. The van der Waals surface area contributed by atoms with Crippen LogP contribution in [0, 0.1) is 17.5 Å². The Morgan fingerprint density at radius 1 is 1.03 bits per heavy atom. The molecule has 33 heavy (non-hydrogen) atoms. The van der Waals surface area contributed by atoms with Crippen LogP contribution in [0.5, 0.6) is 5.75 Å². The molecule has 1 aromatic heterocycles. The number of rotatable bonds is 6. The highest BCUT2D eigenvalue weighted by atomic mass is 79.9. The number of anilines is 1. The van der Waals surface area contributed by atoms with E-state index in [1.54, 1.807) is 16.7 Å². The van der Waals surface area contributed by atoms with Crippen LogP contribution in [0.3, 0.4) is 0 Å². The Kier molecular flexibility index (Phi) is 6.70. The minimum atomic E-state index is -1.66. The van der Waals surface area contributed by atoms with E-state index >= 15 is 0 Å². The Hall–Kier alpha value is -3.31. The molecule has 168 valence electrons. The molecule has 0 saturated heterocycles. The van der Waals surface area contributed by atoms with Gasteiger partial charge in [-0.25, -0.2) is 13.2 Å². The van der Waals surface area contributed by atoms with Crippen LogP contribution in [-0.4, -0.2) is 31.5 Å². The van der Waals surface area contributed by atoms with Crippen LogP contribution in [0.1, 0.15) is 0 Å². The van der Waals surface area contributed by atoms with Crippen molar-refractivity contribution in [1.82, 2.24) is 14.8 Å². The van der Waals surface area contributed by atoms with Crippen molar-refractivity contribution in [3.63, 3.8) is 0 Å². The molecule has 11 heteroatoms. The standard InChI is InChI=1S/C22H14BrF3N4O2S/c23-12-6-9-17(31)14(10-12)21-28-29-22(30(21)13-4-2-1-3-5-13)33-11-18(32)27-16-8-7-15(24)19(25)20(16)26/h1-10,31H,11H2,(H,27,32). The number of para-hydroxylation sites is 1. The lowest BCUT2D eigenvalue weighted by Gasteiger charge is -2.12. The second-order valence-electron chi connectivity index (χ2n) is 6.70. The molecule has 3 aromatic carbocycles. The number of amides is 1. The number of phenols is 1. The number of phenolic OH excluding ortho intramolecular Hbond substituents is 1. The lowest BCUT2D eigenvalue weighted by atomic mass is 10.2. The van der Waals surface area contributed by atoms with E-state index in [4.69, 9.17) is 0 Å². The van der Waals surface area contributed by atoms with Gasteiger partial charge in [-0.2, -0.15) is 0 Å². The third kappa shape index (κ3) is 4.88. The number of halogens is 4. The molecular formula is C22H14BrF3N4O2S. The van der Waals surface area contributed by atoms with Gasteiger partial charge < -0.3 is 10.4 Å². The van der Waals surface area contributed by atoms with Crippen molar-refractivity contribution in [1.29, 1.82) is 0 Å². The molecule has 0 unspecified atom stereocenters. The summed E-state index contributed by atoms with van der Waals surface area (Å²) in [6.07, 6.45) is 0. The summed E-state index contributed by atoms with van der Waals surface area (Å²) in [5.41, 5.74) is 0.635. The second-order valence-corrected chi connectivity index (χ2v) is 8.56. The third-order valence-electron chi connectivity index (χ3n) is 4.49. The predicted molar refractivity (Wildman–Crippen MR) is 122 cm³/mol. The van der Waals surface area contributed by atoms with E-state index < -0.39 is 29.0 Å². The molecule has 0 bridgehead atoms. The molecule has 0 saturated carbocycles. The molecule has 1 heterocycles. The first-order valence-electron chi connectivity index (χ1n) is 9.41. The molecule has 0 fully saturated rings. The number of nitrogens with zero attached hydrogens (tertiary/aromatic N) is 3. The van der Waals surface area contributed by atoms with E-state index in [1.165, 1.54) is 6.07 Å². The second kappa shape index (κ2) is 9.67. The number of carbonyl (C=O) groups is 1. The van der Waals surface area contributed by atoms with Gasteiger partial charge in [0.15, 0.2) is 28.4 Å². The molecular weight excluding hydrogens is 521 g/mol. The van der Waals surface area contributed by atoms with Gasteiger partial charge >= 0.3 is 0 Å². The van der Waals surface area contributed by atoms with Gasteiger partial charge in [0.2, 0.25) is 5.91 Å². The summed E-state index contributed by atoms with van der Waals surface area (Å²) in [5, 5.41) is 21.2. The number of benzene rings is 3. The number of aromatic hydroxyl groups is 1. The average molecular weight is 535 g/mol. The van der Waals surface area contributed by atoms with Crippen LogP contribution in [0.2, 0.25) is 0 Å². The van der Waals surface area contributed by atoms with Crippen molar-refractivity contribution < 1.29 is 23.1 Å². The van der Waals surface area contributed by atoms with Crippen LogP contribution >= 0.6 is 27.7 Å². The van der Waals surface area contributed by atoms with Crippen molar-refractivity contribution in [2.75, 3.05) is 11.1 Å². The normalized spacial score (nSPS) is 10.9. The van der Waals surface area contributed by atoms with Crippen LogP contribution in [0.15, 0.2) is 70.3 Å². The monoisotopic (exact) mass is 534 g/mol. The number of aromatic nitrogens is 3. The van der Waals surface area contributed by atoms with Gasteiger partial charge in [-0.15, -0.1) is 10.2 Å². The number of thioether (sulfide) groups is 1. The van der Waals surface area contributed by atoms with Crippen molar-refractivity contribution in [3.8, 4) is 22.8 Å². The zero-order chi connectivity index (χ0) is 23.5. The van der Waals surface area contributed by atoms with Crippen molar-refractivity contribution in [2.45, 2.75) is 5.16 Å². The number of carbonyl (C=O) groups excluding carboxylic acids is 1. The summed E-state index contributed by atoms with van der Waals surface area (Å²) in [5.74, 6) is -5.02. The molecule has 6 nitrogen and oxygen atoms in total. The molecule has 0 aliphatic carbocycles. The zero-order valence-electron chi connectivity index (χ0n) is 16.6. The van der Waals surface area contributed by atoms with Crippen molar-refractivity contribution in [2.24, 2.45) is 0 Å². The van der Waals surface area contributed by atoms with Gasteiger partial charge in [-0.3, -0.25) is 9.36 Å². The minimum Gasteiger partial charge on any atom is -0.507 e. The van der Waals surface area contributed by atoms with Gasteiger partial charge in [-0.05, 0) is 42.5 Å². The van der Waals surface area contributed by atoms with Crippen LogP contribution in [-0.2, 0) is 4.79 Å². The summed E-state index contributed by atoms with van der Waals surface area (Å²) in [7, 11) is 0. The fraction of sp³-hybridized carbons (Fsp3) is 0.0455. The fourth-order valence-electron chi connectivity index (χ4n) is 2.97. The average Bonchev–Trinajstić information content (AvgIpc) is 3.24. The Morgan fingerprint density at radius 2 is 1.79 bits per heavy atom. The summed E-state index contributed by atoms with van der Waals surface area (Å²) >= 11 is 4.37. The molecule has 0 atom stereocenters. The summed E-state index contributed by atoms with van der Waals surface area (Å²) in [6.45, 7) is 0. The lowest BCUT2D eigenvalue weighted by molar-refractivity contribution is -0.113. The van der Waals surface area contributed by atoms with Crippen LogP contribution in [0.4, 0.5) is 18.9 Å². The molecule has 2 N–H and O–H groups in total. The quantitative estimate of drug-likeness (QED) is 0.250. The third-order valence-corrected chi connectivity index (χ3v) is 5.91. The highest BCUT2D eigenvalue weighted by Gasteiger charge is 2.20. The fourth-order valence-corrected chi connectivity index (χ4v) is 4.09. The van der Waals surface area contributed by atoms with E-state index in [9.17, 15) is 23.1 Å². The van der Waals surface area contributed by atoms with Crippen LogP contribution < -0.4 is 5.32 Å². The van der Waals surface area contributed by atoms with E-state index in [2.05, 4.69) is 31.4 Å². The highest BCUT2D eigenvalue weighted by Crippen LogP contribution is 2.34. The number of nitrogens with one attached hydrogen (secondary N) is 1. The first-order chi connectivity index (χ1) is 15.8. The molecule has 4 rings (SSSR count). The van der Waals surface area contributed by atoms with E-state index in [0.717, 1.165) is 28.4 Å². The molecule has 1 amide bonds. The largest absolute Gasteiger partial charge is 0.507 e. The Bertz CT molecular complexity index is 1330. The van der Waals surface area contributed by atoms with Crippen LogP contribution in [0.25, 0.3) is 17.1 Å². The van der Waals surface area contributed by atoms with Gasteiger partial charge in [0.25, 0.3) is 0 Å². The maximum Gasteiger partial charge on any atom is 0.234 e. The van der Waals surface area contributed by atoms with Crippen molar-refractivity contribution in [3.05, 3.63) is 82.6 Å². The first-order valence-corrected chi connectivity index (χ1v) is 11.2. The lowest BCUT2D eigenvalue weighted by Crippen LogP contribution is -2.16. The Balaban J connectivity index is 1.62. The zero-order valence-corrected chi connectivity index (χ0v) is 19.0. The van der Waals surface area contributed by atoms with E-state index in [-0.39, 0.29) is 11.5 Å². The van der Waals surface area contributed by atoms with Gasteiger partial charge in [0.1, 0.15) is 5.75 Å². The summed E-state index contributed by atoms with van der Waals surface area (Å²) < 4.78 is 42.7. The smallest absolute Gasteiger partial charge is 0.234 e. The molecule has 4 aromatic rings.